The van der Waals surface area contributed by atoms with Gasteiger partial charge in [-0.1, -0.05) is 57.5 Å². The van der Waals surface area contributed by atoms with Gasteiger partial charge in [-0.2, -0.15) is 0 Å². The van der Waals surface area contributed by atoms with E-state index in [4.69, 9.17) is 0 Å². The second-order valence-electron chi connectivity index (χ2n) is 4.09. The highest BCUT2D eigenvalue weighted by molar-refractivity contribution is 7.65. The molecule has 1 aliphatic rings. The van der Waals surface area contributed by atoms with E-state index in [1.807, 2.05) is 0 Å². The van der Waals surface area contributed by atoms with Crippen molar-refractivity contribution in [2.75, 3.05) is 12.3 Å². The molecular weight excluding hydrogens is 187 g/mol. The van der Waals surface area contributed by atoms with Crippen molar-refractivity contribution in [1.82, 2.24) is 0 Å². The highest BCUT2D eigenvalue weighted by atomic mass is 31.1. The van der Waals surface area contributed by atoms with Gasteiger partial charge >= 0.3 is 0 Å². The first kappa shape index (κ1) is 10.2. The number of hydrogen-bond donors (Lipinski definition) is 0. The third-order valence-corrected chi connectivity index (χ3v) is 5.72. The van der Waals surface area contributed by atoms with Crippen LogP contribution in [0.15, 0.2) is 30.3 Å². The average Bonchev–Trinajstić information content (AvgIpc) is 2.18. The van der Waals surface area contributed by atoms with Gasteiger partial charge in [0.2, 0.25) is 0 Å². The van der Waals surface area contributed by atoms with E-state index in [2.05, 4.69) is 30.3 Å². The lowest BCUT2D eigenvalue weighted by Crippen LogP contribution is -2.07. The van der Waals surface area contributed by atoms with Crippen LogP contribution in [0.1, 0.15) is 32.1 Å². The van der Waals surface area contributed by atoms with Crippen LogP contribution in [-0.2, 0) is 0 Å². The fraction of sp³-hybridized carbons (Fsp3) is 0.538. The molecule has 0 radical (unpaired) electrons. The molecule has 1 heterocycles. The van der Waals surface area contributed by atoms with Gasteiger partial charge in [0.25, 0.3) is 0 Å². The maximum atomic E-state index is 2.33. The first-order valence-corrected chi connectivity index (χ1v) is 7.48. The predicted octanol–water partition coefficient (Wildman–Crippen LogP) is 3.76. The lowest BCUT2D eigenvalue weighted by molar-refractivity contribution is 0.649. The van der Waals surface area contributed by atoms with Crippen LogP contribution in [0.2, 0.25) is 0 Å². The highest BCUT2D eigenvalue weighted by Gasteiger charge is 2.11. The standard InChI is InChI=1S/C13H19P/c1-2-7-11-14(12-8-3-1)13-9-5-4-6-10-13/h4-6,9-10H,1-3,7-8,11-12H2. The topological polar surface area (TPSA) is 0 Å². The SMILES string of the molecule is c1ccc(P2CCCCCCC2)cc1. The molecule has 1 aliphatic heterocycles. The van der Waals surface area contributed by atoms with Gasteiger partial charge in [0, 0.05) is 0 Å². The Bertz CT molecular complexity index is 247. The van der Waals surface area contributed by atoms with Crippen molar-refractivity contribution in [3.05, 3.63) is 30.3 Å². The minimum atomic E-state index is 0.189. The molecule has 0 spiro atoms. The Morgan fingerprint density at radius 1 is 0.714 bits per heavy atom. The molecule has 0 N–H and O–H groups in total. The lowest BCUT2D eigenvalue weighted by Gasteiger charge is -2.20. The van der Waals surface area contributed by atoms with Crippen molar-refractivity contribution in [3.63, 3.8) is 0 Å². The molecule has 1 aromatic rings. The molecule has 1 aromatic carbocycles. The van der Waals surface area contributed by atoms with Crippen LogP contribution in [0.3, 0.4) is 0 Å². The van der Waals surface area contributed by atoms with Gasteiger partial charge < -0.3 is 0 Å². The van der Waals surface area contributed by atoms with E-state index in [0.29, 0.717) is 0 Å². The van der Waals surface area contributed by atoms with Crippen molar-refractivity contribution in [1.29, 1.82) is 0 Å². The second-order valence-corrected chi connectivity index (χ2v) is 6.58. The molecule has 0 nitrogen and oxygen atoms in total. The van der Waals surface area contributed by atoms with Gasteiger partial charge in [0.15, 0.2) is 0 Å². The molecule has 0 aliphatic carbocycles. The summed E-state index contributed by atoms with van der Waals surface area (Å²) in [6.07, 6.45) is 10.3. The first-order chi connectivity index (χ1) is 6.97. The third-order valence-electron chi connectivity index (χ3n) is 2.98. The Hall–Kier alpha value is -0.350. The molecule has 0 unspecified atom stereocenters. The lowest BCUT2D eigenvalue weighted by atomic mass is 10.2. The molecule has 0 bridgehead atoms. The zero-order valence-electron chi connectivity index (χ0n) is 8.78. The van der Waals surface area contributed by atoms with Crippen molar-refractivity contribution in [2.45, 2.75) is 32.1 Å². The molecule has 2 rings (SSSR count). The fourth-order valence-electron chi connectivity index (χ4n) is 2.14. The van der Waals surface area contributed by atoms with Crippen LogP contribution in [-0.4, -0.2) is 12.3 Å². The van der Waals surface area contributed by atoms with Crippen molar-refractivity contribution in [2.24, 2.45) is 0 Å². The minimum Gasteiger partial charge on any atom is -0.0753 e. The van der Waals surface area contributed by atoms with Gasteiger partial charge in [-0.3, -0.25) is 0 Å². The van der Waals surface area contributed by atoms with Crippen LogP contribution in [0.25, 0.3) is 0 Å². The quantitative estimate of drug-likeness (QED) is 0.614. The van der Waals surface area contributed by atoms with Gasteiger partial charge in [0.05, 0.1) is 0 Å². The molecule has 0 aromatic heterocycles. The van der Waals surface area contributed by atoms with Gasteiger partial charge in [0.1, 0.15) is 0 Å². The van der Waals surface area contributed by atoms with Crippen LogP contribution in [0.4, 0.5) is 0 Å². The van der Waals surface area contributed by atoms with E-state index in [9.17, 15) is 0 Å². The summed E-state index contributed by atoms with van der Waals surface area (Å²) < 4.78 is 0. The molecule has 0 atom stereocenters. The number of rotatable bonds is 1. The summed E-state index contributed by atoms with van der Waals surface area (Å²) in [5.41, 5.74) is 0. The molecule has 1 heteroatoms. The third kappa shape index (κ3) is 2.82. The monoisotopic (exact) mass is 206 g/mol. The molecule has 1 fully saturated rings. The van der Waals surface area contributed by atoms with Gasteiger partial charge in [-0.15, -0.1) is 0 Å². The summed E-state index contributed by atoms with van der Waals surface area (Å²) in [7, 11) is 0.189. The van der Waals surface area contributed by atoms with E-state index >= 15 is 0 Å². The molecule has 1 saturated heterocycles. The number of hydrogen-bond acceptors (Lipinski definition) is 0. The Kier molecular flexibility index (Phi) is 4.01. The van der Waals surface area contributed by atoms with Crippen LogP contribution < -0.4 is 5.30 Å². The molecule has 0 amide bonds. The first-order valence-electron chi connectivity index (χ1n) is 5.77. The molecular formula is C13H19P. The zero-order chi connectivity index (χ0) is 9.64. The Morgan fingerprint density at radius 3 is 1.93 bits per heavy atom. The van der Waals surface area contributed by atoms with E-state index in [1.165, 1.54) is 44.4 Å². The van der Waals surface area contributed by atoms with Crippen LogP contribution >= 0.6 is 7.92 Å². The van der Waals surface area contributed by atoms with Crippen LogP contribution in [0, 0.1) is 0 Å². The van der Waals surface area contributed by atoms with Crippen molar-refractivity contribution >= 4 is 13.2 Å². The largest absolute Gasteiger partial charge is 0.0753 e. The minimum absolute atomic E-state index is 0.189. The predicted molar refractivity (Wildman–Crippen MR) is 65.8 cm³/mol. The Morgan fingerprint density at radius 2 is 1.29 bits per heavy atom. The molecule has 76 valence electrons. The van der Waals surface area contributed by atoms with E-state index in [-0.39, 0.29) is 7.92 Å². The van der Waals surface area contributed by atoms with Gasteiger partial charge in [-0.05, 0) is 30.5 Å². The molecule has 0 saturated carbocycles. The summed E-state index contributed by atoms with van der Waals surface area (Å²) in [6, 6.07) is 11.2. The summed E-state index contributed by atoms with van der Waals surface area (Å²) in [6.45, 7) is 0. The number of benzene rings is 1. The van der Waals surface area contributed by atoms with Crippen LogP contribution in [0.5, 0.6) is 0 Å². The van der Waals surface area contributed by atoms with Crippen molar-refractivity contribution < 1.29 is 0 Å². The Labute approximate surface area is 88.5 Å². The normalized spacial score (nSPS) is 20.0. The van der Waals surface area contributed by atoms with E-state index < -0.39 is 0 Å². The maximum absolute atomic E-state index is 2.33. The molecule has 14 heavy (non-hydrogen) atoms. The van der Waals surface area contributed by atoms with E-state index in [0.717, 1.165) is 0 Å². The van der Waals surface area contributed by atoms with Crippen molar-refractivity contribution in [3.8, 4) is 0 Å². The van der Waals surface area contributed by atoms with E-state index in [1.54, 1.807) is 5.30 Å². The summed E-state index contributed by atoms with van der Waals surface area (Å²) >= 11 is 0. The summed E-state index contributed by atoms with van der Waals surface area (Å²) in [4.78, 5) is 0. The highest BCUT2D eigenvalue weighted by Crippen LogP contribution is 2.38. The Balaban J connectivity index is 2.01. The second kappa shape index (κ2) is 5.51. The smallest absolute Gasteiger partial charge is 0.0240 e. The average molecular weight is 206 g/mol. The fourth-order valence-corrected chi connectivity index (χ4v) is 4.69. The van der Waals surface area contributed by atoms with Gasteiger partial charge in [-0.25, -0.2) is 0 Å². The summed E-state index contributed by atoms with van der Waals surface area (Å²) in [5.74, 6) is 0. The zero-order valence-corrected chi connectivity index (χ0v) is 9.68. The maximum Gasteiger partial charge on any atom is -0.0240 e. The summed E-state index contributed by atoms with van der Waals surface area (Å²) in [5, 5.41) is 1.63.